The van der Waals surface area contributed by atoms with Crippen molar-refractivity contribution in [3.05, 3.63) is 61.2 Å². The van der Waals surface area contributed by atoms with Crippen molar-refractivity contribution in [2.75, 3.05) is 5.73 Å². The van der Waals surface area contributed by atoms with E-state index in [4.69, 9.17) is 5.73 Å². The SMILES string of the molecule is Nc1cc(Br)ccc1Cn1cc([N+](=O)[O-])cnc1=O. The Morgan fingerprint density at radius 2 is 2.21 bits per heavy atom. The van der Waals surface area contributed by atoms with Crippen LogP contribution < -0.4 is 11.4 Å². The van der Waals surface area contributed by atoms with Gasteiger partial charge >= 0.3 is 11.4 Å². The van der Waals surface area contributed by atoms with Gasteiger partial charge in [0, 0.05) is 10.2 Å². The van der Waals surface area contributed by atoms with E-state index in [0.717, 1.165) is 21.4 Å². The second kappa shape index (κ2) is 5.19. The molecule has 2 N–H and O–H groups in total. The van der Waals surface area contributed by atoms with Crippen LogP contribution in [-0.4, -0.2) is 14.5 Å². The molecule has 2 rings (SSSR count). The number of hydrogen-bond acceptors (Lipinski definition) is 5. The molecule has 0 aliphatic carbocycles. The first kappa shape index (κ1) is 13.2. The van der Waals surface area contributed by atoms with Crippen molar-refractivity contribution in [1.82, 2.24) is 9.55 Å². The summed E-state index contributed by atoms with van der Waals surface area (Å²) in [6.07, 6.45) is 2.08. The molecule has 8 heteroatoms. The average Bonchev–Trinajstić information content (AvgIpc) is 2.34. The molecule has 7 nitrogen and oxygen atoms in total. The van der Waals surface area contributed by atoms with E-state index in [1.807, 2.05) is 0 Å². The first-order valence-electron chi connectivity index (χ1n) is 5.22. The lowest BCUT2D eigenvalue weighted by molar-refractivity contribution is -0.385. The number of nitrogen functional groups attached to an aromatic ring is 1. The van der Waals surface area contributed by atoms with Crippen LogP contribution in [0.1, 0.15) is 5.56 Å². The largest absolute Gasteiger partial charge is 0.398 e. The van der Waals surface area contributed by atoms with Gasteiger partial charge in [-0.25, -0.2) is 4.79 Å². The van der Waals surface area contributed by atoms with Gasteiger partial charge in [0.2, 0.25) is 0 Å². The number of benzene rings is 1. The Morgan fingerprint density at radius 1 is 1.47 bits per heavy atom. The highest BCUT2D eigenvalue weighted by molar-refractivity contribution is 9.10. The minimum absolute atomic E-state index is 0.132. The van der Waals surface area contributed by atoms with Gasteiger partial charge in [0.25, 0.3) is 0 Å². The summed E-state index contributed by atoms with van der Waals surface area (Å²) < 4.78 is 1.97. The van der Waals surface area contributed by atoms with E-state index >= 15 is 0 Å². The van der Waals surface area contributed by atoms with E-state index in [9.17, 15) is 14.9 Å². The molecule has 0 unspecified atom stereocenters. The number of hydrogen-bond donors (Lipinski definition) is 1. The quantitative estimate of drug-likeness (QED) is 0.524. The standard InChI is InChI=1S/C11H9BrN4O3/c12-8-2-1-7(10(13)3-8)5-15-6-9(16(18)19)4-14-11(15)17/h1-4,6H,5,13H2. The third kappa shape index (κ3) is 2.97. The van der Waals surface area contributed by atoms with Crippen LogP contribution in [0.3, 0.4) is 0 Å². The van der Waals surface area contributed by atoms with Crippen molar-refractivity contribution < 1.29 is 4.92 Å². The van der Waals surface area contributed by atoms with Gasteiger partial charge in [0.05, 0.1) is 17.7 Å². The topological polar surface area (TPSA) is 104 Å². The second-order valence-corrected chi connectivity index (χ2v) is 4.74. The summed E-state index contributed by atoms with van der Waals surface area (Å²) in [5, 5.41) is 10.6. The van der Waals surface area contributed by atoms with Crippen molar-refractivity contribution in [2.24, 2.45) is 0 Å². The Bertz CT molecular complexity index is 699. The van der Waals surface area contributed by atoms with Crippen molar-refractivity contribution in [2.45, 2.75) is 6.54 Å². The highest BCUT2D eigenvalue weighted by Gasteiger charge is 2.10. The van der Waals surface area contributed by atoms with E-state index in [1.165, 1.54) is 0 Å². The molecular formula is C11H9BrN4O3. The van der Waals surface area contributed by atoms with Gasteiger partial charge in [-0.3, -0.25) is 14.7 Å². The molecule has 0 saturated heterocycles. The molecule has 0 spiro atoms. The van der Waals surface area contributed by atoms with Gasteiger partial charge in [-0.1, -0.05) is 22.0 Å². The molecule has 19 heavy (non-hydrogen) atoms. The predicted molar refractivity (Wildman–Crippen MR) is 72.8 cm³/mol. The van der Waals surface area contributed by atoms with Crippen LogP contribution in [0.4, 0.5) is 11.4 Å². The summed E-state index contributed by atoms with van der Waals surface area (Å²) in [6, 6.07) is 5.22. The number of halogens is 1. The zero-order valence-electron chi connectivity index (χ0n) is 9.62. The molecule has 0 saturated carbocycles. The molecule has 2 aromatic rings. The minimum Gasteiger partial charge on any atom is -0.398 e. The van der Waals surface area contributed by atoms with Crippen LogP contribution in [0, 0.1) is 10.1 Å². The van der Waals surface area contributed by atoms with Crippen LogP contribution in [0.15, 0.2) is 39.9 Å². The number of rotatable bonds is 3. The molecule has 1 heterocycles. The maximum Gasteiger partial charge on any atom is 0.348 e. The van der Waals surface area contributed by atoms with Gasteiger partial charge in [-0.2, -0.15) is 4.98 Å². The third-order valence-corrected chi connectivity index (χ3v) is 2.99. The first-order chi connectivity index (χ1) is 8.97. The fourth-order valence-corrected chi connectivity index (χ4v) is 1.92. The summed E-state index contributed by atoms with van der Waals surface area (Å²) >= 11 is 3.28. The van der Waals surface area contributed by atoms with E-state index in [-0.39, 0.29) is 12.2 Å². The molecule has 0 bridgehead atoms. The minimum atomic E-state index is -0.603. The molecule has 0 aliphatic heterocycles. The van der Waals surface area contributed by atoms with Crippen molar-refractivity contribution in [3.8, 4) is 0 Å². The lowest BCUT2D eigenvalue weighted by Gasteiger charge is -2.08. The second-order valence-electron chi connectivity index (χ2n) is 3.82. The van der Waals surface area contributed by atoms with Gasteiger partial charge < -0.3 is 5.73 Å². The lowest BCUT2D eigenvalue weighted by atomic mass is 10.2. The smallest absolute Gasteiger partial charge is 0.348 e. The number of aromatic nitrogens is 2. The van der Waals surface area contributed by atoms with Crippen molar-refractivity contribution in [1.29, 1.82) is 0 Å². The predicted octanol–water partition coefficient (Wildman–Crippen LogP) is 1.54. The molecule has 0 amide bonds. The Morgan fingerprint density at radius 3 is 2.84 bits per heavy atom. The Balaban J connectivity index is 2.40. The zero-order chi connectivity index (χ0) is 14.0. The van der Waals surface area contributed by atoms with Crippen LogP contribution in [-0.2, 0) is 6.54 Å². The van der Waals surface area contributed by atoms with Crippen LogP contribution in [0.5, 0.6) is 0 Å². The number of anilines is 1. The fraction of sp³-hybridized carbons (Fsp3) is 0.0909. The van der Waals surface area contributed by atoms with Gasteiger partial charge in [-0.15, -0.1) is 0 Å². The van der Waals surface area contributed by atoms with Crippen molar-refractivity contribution in [3.63, 3.8) is 0 Å². The van der Waals surface area contributed by atoms with E-state index in [1.54, 1.807) is 18.2 Å². The molecule has 0 atom stereocenters. The molecule has 1 aromatic heterocycles. The van der Waals surface area contributed by atoms with Gasteiger partial charge in [0.15, 0.2) is 0 Å². The average molecular weight is 325 g/mol. The summed E-state index contributed by atoms with van der Waals surface area (Å²) in [5.41, 5.74) is 6.20. The summed E-state index contributed by atoms with van der Waals surface area (Å²) in [4.78, 5) is 25.1. The fourth-order valence-electron chi connectivity index (χ4n) is 1.54. The number of nitro groups is 1. The van der Waals surface area contributed by atoms with Crippen LogP contribution in [0.2, 0.25) is 0 Å². The normalized spacial score (nSPS) is 10.4. The summed E-state index contributed by atoms with van der Waals surface area (Å²) in [6.45, 7) is 0.132. The molecule has 0 fully saturated rings. The Hall–Kier alpha value is -2.22. The Kier molecular flexibility index (Phi) is 3.61. The highest BCUT2D eigenvalue weighted by atomic mass is 79.9. The zero-order valence-corrected chi connectivity index (χ0v) is 11.2. The van der Waals surface area contributed by atoms with Crippen molar-refractivity contribution >= 4 is 27.3 Å². The number of nitrogens with two attached hydrogens (primary N) is 1. The molecule has 98 valence electrons. The highest BCUT2D eigenvalue weighted by Crippen LogP contribution is 2.19. The van der Waals surface area contributed by atoms with E-state index in [0.29, 0.717) is 11.3 Å². The van der Waals surface area contributed by atoms with Crippen LogP contribution in [0.25, 0.3) is 0 Å². The third-order valence-electron chi connectivity index (χ3n) is 2.50. The Labute approximate surface area is 116 Å². The molecule has 0 aliphatic rings. The van der Waals surface area contributed by atoms with Gasteiger partial charge in [-0.05, 0) is 17.7 Å². The molecule has 1 aromatic carbocycles. The number of nitrogens with zero attached hydrogens (tertiary/aromatic N) is 3. The van der Waals surface area contributed by atoms with Gasteiger partial charge in [0.1, 0.15) is 6.20 Å². The van der Waals surface area contributed by atoms with E-state index in [2.05, 4.69) is 20.9 Å². The molecular weight excluding hydrogens is 316 g/mol. The maximum absolute atomic E-state index is 11.6. The van der Waals surface area contributed by atoms with E-state index < -0.39 is 10.6 Å². The first-order valence-corrected chi connectivity index (χ1v) is 6.01. The maximum atomic E-state index is 11.6. The lowest BCUT2D eigenvalue weighted by Crippen LogP contribution is -2.23. The summed E-state index contributed by atoms with van der Waals surface area (Å²) in [5.74, 6) is 0. The van der Waals surface area contributed by atoms with Crippen LogP contribution >= 0.6 is 15.9 Å². The summed E-state index contributed by atoms with van der Waals surface area (Å²) in [7, 11) is 0. The molecule has 0 radical (unpaired) electrons. The monoisotopic (exact) mass is 324 g/mol.